The van der Waals surface area contributed by atoms with Crippen molar-refractivity contribution in [1.29, 1.82) is 0 Å². The lowest BCUT2D eigenvalue weighted by Gasteiger charge is -2.15. The first-order valence-corrected chi connectivity index (χ1v) is 8.88. The van der Waals surface area contributed by atoms with E-state index in [0.29, 0.717) is 11.3 Å². The maximum Gasteiger partial charge on any atom is 0.328 e. The van der Waals surface area contributed by atoms with Crippen LogP contribution in [-0.2, 0) is 14.4 Å². The van der Waals surface area contributed by atoms with E-state index in [0.717, 1.165) is 5.56 Å². The van der Waals surface area contributed by atoms with Crippen molar-refractivity contribution in [3.8, 4) is 5.75 Å². The van der Waals surface area contributed by atoms with E-state index in [4.69, 9.17) is 4.74 Å². The van der Waals surface area contributed by atoms with Crippen LogP contribution in [0.2, 0.25) is 0 Å². The van der Waals surface area contributed by atoms with Crippen LogP contribution in [0.25, 0.3) is 6.08 Å². The van der Waals surface area contributed by atoms with Crippen LogP contribution >= 0.6 is 0 Å². The lowest BCUT2D eigenvalue weighted by Crippen LogP contribution is -2.51. The smallest absolute Gasteiger partial charge is 0.328 e. The molecule has 0 bridgehead atoms. The molecule has 1 saturated heterocycles. The number of barbiturate groups is 1. The minimum absolute atomic E-state index is 0.138. The number of imide groups is 2. The van der Waals surface area contributed by atoms with E-state index in [1.807, 2.05) is 47.9 Å². The Hall–Kier alpha value is -3.94. The van der Waals surface area contributed by atoms with Crippen LogP contribution < -0.4 is 20.7 Å². The predicted octanol–water partition coefficient (Wildman–Crippen LogP) is 1.69. The Morgan fingerprint density at radius 3 is 2.24 bits per heavy atom. The first-order valence-electron chi connectivity index (χ1n) is 8.88. The number of urea groups is 1. The summed E-state index contributed by atoms with van der Waals surface area (Å²) in [6.45, 7) is 1.74. The van der Waals surface area contributed by atoms with Gasteiger partial charge in [-0.3, -0.25) is 25.0 Å². The maximum absolute atomic E-state index is 12.1. The molecule has 0 aliphatic carbocycles. The van der Waals surface area contributed by atoms with Crippen LogP contribution in [0.4, 0.5) is 4.79 Å². The highest BCUT2D eigenvalue weighted by molar-refractivity contribution is 6.31. The summed E-state index contributed by atoms with van der Waals surface area (Å²) < 4.78 is 5.47. The molecule has 5 amide bonds. The van der Waals surface area contributed by atoms with Crippen molar-refractivity contribution in [3.05, 3.63) is 71.3 Å². The molecule has 1 heterocycles. The van der Waals surface area contributed by atoms with E-state index in [-0.39, 0.29) is 24.1 Å². The number of ether oxygens (including phenoxy) is 1. The van der Waals surface area contributed by atoms with Crippen molar-refractivity contribution in [2.45, 2.75) is 13.0 Å². The number of rotatable bonds is 6. The molecule has 1 aliphatic rings. The minimum atomic E-state index is -0.847. The second-order valence-corrected chi connectivity index (χ2v) is 6.35. The lowest BCUT2D eigenvalue weighted by molar-refractivity contribution is -0.125. The zero-order valence-electron chi connectivity index (χ0n) is 15.6. The van der Waals surface area contributed by atoms with Crippen molar-refractivity contribution < 1.29 is 23.9 Å². The Labute approximate surface area is 166 Å². The molecule has 2 aromatic rings. The normalized spacial score (nSPS) is 14.5. The quantitative estimate of drug-likeness (QED) is 0.511. The molecule has 3 N–H and O–H groups in total. The van der Waals surface area contributed by atoms with E-state index >= 15 is 0 Å². The summed E-state index contributed by atoms with van der Waals surface area (Å²) in [7, 11) is 0. The highest BCUT2D eigenvalue weighted by atomic mass is 16.5. The average molecular weight is 393 g/mol. The van der Waals surface area contributed by atoms with Crippen LogP contribution in [0.5, 0.6) is 5.75 Å². The molecule has 29 heavy (non-hydrogen) atoms. The van der Waals surface area contributed by atoms with Crippen molar-refractivity contribution >= 4 is 29.8 Å². The fourth-order valence-electron chi connectivity index (χ4n) is 2.69. The highest BCUT2D eigenvalue weighted by Gasteiger charge is 2.27. The summed E-state index contributed by atoms with van der Waals surface area (Å²) in [5.41, 5.74) is 1.39. The summed E-state index contributed by atoms with van der Waals surface area (Å²) in [6.07, 6.45) is 1.36. The van der Waals surface area contributed by atoms with E-state index in [2.05, 4.69) is 5.32 Å². The molecule has 0 saturated carbocycles. The third kappa shape index (κ3) is 5.29. The molecule has 1 fully saturated rings. The number of nitrogens with one attached hydrogen (secondary N) is 3. The van der Waals surface area contributed by atoms with E-state index < -0.39 is 17.8 Å². The van der Waals surface area contributed by atoms with Crippen molar-refractivity contribution in [1.82, 2.24) is 16.0 Å². The van der Waals surface area contributed by atoms with Crippen molar-refractivity contribution in [3.63, 3.8) is 0 Å². The Morgan fingerprint density at radius 1 is 1.00 bits per heavy atom. The van der Waals surface area contributed by atoms with Gasteiger partial charge in [-0.1, -0.05) is 42.5 Å². The van der Waals surface area contributed by atoms with Crippen LogP contribution in [0, 0.1) is 0 Å². The lowest BCUT2D eigenvalue weighted by atomic mass is 10.1. The number of carbonyl (C=O) groups excluding carboxylic acids is 4. The van der Waals surface area contributed by atoms with E-state index in [9.17, 15) is 19.2 Å². The molecule has 0 unspecified atom stereocenters. The third-order valence-corrected chi connectivity index (χ3v) is 4.18. The van der Waals surface area contributed by atoms with Gasteiger partial charge >= 0.3 is 6.03 Å². The Balaban J connectivity index is 1.55. The van der Waals surface area contributed by atoms with Gasteiger partial charge in [-0.2, -0.15) is 0 Å². The largest absolute Gasteiger partial charge is 0.484 e. The molecule has 8 heteroatoms. The topological polar surface area (TPSA) is 114 Å². The second-order valence-electron chi connectivity index (χ2n) is 6.35. The first-order chi connectivity index (χ1) is 13.9. The summed E-state index contributed by atoms with van der Waals surface area (Å²) in [4.78, 5) is 46.6. The van der Waals surface area contributed by atoms with Crippen molar-refractivity contribution in [2.75, 3.05) is 6.61 Å². The molecular weight excluding hydrogens is 374 g/mol. The monoisotopic (exact) mass is 393 g/mol. The maximum atomic E-state index is 12.1. The average Bonchev–Trinajstić information content (AvgIpc) is 2.70. The fraction of sp³-hybridized carbons (Fsp3) is 0.143. The van der Waals surface area contributed by atoms with Crippen LogP contribution in [-0.4, -0.2) is 30.4 Å². The Bertz CT molecular complexity index is 946. The zero-order chi connectivity index (χ0) is 20.8. The van der Waals surface area contributed by atoms with Gasteiger partial charge in [-0.25, -0.2) is 4.79 Å². The second kappa shape index (κ2) is 8.83. The zero-order valence-corrected chi connectivity index (χ0v) is 15.6. The predicted molar refractivity (Wildman–Crippen MR) is 105 cm³/mol. The van der Waals surface area contributed by atoms with Gasteiger partial charge in [0, 0.05) is 0 Å². The van der Waals surface area contributed by atoms with Gasteiger partial charge in [0.2, 0.25) is 0 Å². The molecule has 148 valence electrons. The van der Waals surface area contributed by atoms with E-state index in [1.165, 1.54) is 6.08 Å². The number of hydrogen-bond acceptors (Lipinski definition) is 5. The molecule has 2 aromatic carbocycles. The molecule has 3 rings (SSSR count). The summed E-state index contributed by atoms with van der Waals surface area (Å²) >= 11 is 0. The highest BCUT2D eigenvalue weighted by Crippen LogP contribution is 2.16. The molecule has 8 nitrogen and oxygen atoms in total. The summed E-state index contributed by atoms with van der Waals surface area (Å²) in [5.74, 6) is -1.32. The van der Waals surface area contributed by atoms with E-state index in [1.54, 1.807) is 24.3 Å². The molecule has 0 spiro atoms. The molecular formula is C21H19N3O5. The van der Waals surface area contributed by atoms with Gasteiger partial charge in [0.05, 0.1) is 6.04 Å². The minimum Gasteiger partial charge on any atom is -0.484 e. The molecule has 1 aliphatic heterocycles. The van der Waals surface area contributed by atoms with Gasteiger partial charge in [0.1, 0.15) is 11.3 Å². The number of benzene rings is 2. The molecule has 0 aromatic heterocycles. The Kier molecular flexibility index (Phi) is 6.03. The number of carbonyl (C=O) groups is 4. The third-order valence-electron chi connectivity index (χ3n) is 4.18. The van der Waals surface area contributed by atoms with Gasteiger partial charge in [0.15, 0.2) is 6.61 Å². The summed E-state index contributed by atoms with van der Waals surface area (Å²) in [6, 6.07) is 15.1. The van der Waals surface area contributed by atoms with Gasteiger partial charge in [-0.15, -0.1) is 0 Å². The summed E-state index contributed by atoms with van der Waals surface area (Å²) in [5, 5.41) is 6.86. The van der Waals surface area contributed by atoms with Gasteiger partial charge in [0.25, 0.3) is 17.7 Å². The molecule has 0 radical (unpaired) electrons. The van der Waals surface area contributed by atoms with Gasteiger partial charge in [-0.05, 0) is 36.3 Å². The van der Waals surface area contributed by atoms with Crippen LogP contribution in [0.15, 0.2) is 60.2 Å². The first kappa shape index (κ1) is 19.8. The molecule has 1 atom stereocenters. The SMILES string of the molecule is C[C@@H](NC(=O)COc1ccc(C=C2C(=O)NC(=O)NC2=O)cc1)c1ccccc1. The van der Waals surface area contributed by atoms with Gasteiger partial charge < -0.3 is 10.1 Å². The fourth-order valence-corrected chi connectivity index (χ4v) is 2.69. The Morgan fingerprint density at radius 2 is 1.62 bits per heavy atom. The number of amides is 5. The van der Waals surface area contributed by atoms with Crippen LogP contribution in [0.3, 0.4) is 0 Å². The number of hydrogen-bond donors (Lipinski definition) is 3. The van der Waals surface area contributed by atoms with Crippen molar-refractivity contribution in [2.24, 2.45) is 0 Å². The van der Waals surface area contributed by atoms with Crippen LogP contribution in [0.1, 0.15) is 24.1 Å². The standard InChI is InChI=1S/C21H19N3O5/c1-13(15-5-3-2-4-6-15)22-18(25)12-29-16-9-7-14(8-10-16)11-17-19(26)23-21(28)24-20(17)27/h2-11,13H,12H2,1H3,(H,22,25)(H2,23,24,26,27,28)/t13-/m1/s1.